The van der Waals surface area contributed by atoms with E-state index < -0.39 is 23.8 Å². The molecule has 1 aliphatic rings. The molecule has 114 valence electrons. The van der Waals surface area contributed by atoms with E-state index in [9.17, 15) is 19.1 Å². The Labute approximate surface area is 122 Å². The van der Waals surface area contributed by atoms with Crippen molar-refractivity contribution in [3.05, 3.63) is 35.6 Å². The van der Waals surface area contributed by atoms with Gasteiger partial charge in [0.05, 0.1) is 18.4 Å². The van der Waals surface area contributed by atoms with Gasteiger partial charge in [-0.05, 0) is 30.5 Å². The summed E-state index contributed by atoms with van der Waals surface area (Å²) in [5.74, 6) is -2.23. The van der Waals surface area contributed by atoms with Crippen LogP contribution in [0.3, 0.4) is 0 Å². The number of carbonyl (C=O) groups is 2. The van der Waals surface area contributed by atoms with Crippen LogP contribution in [0.15, 0.2) is 24.3 Å². The normalized spacial score (nSPS) is 20.1. The minimum atomic E-state index is -1.08. The zero-order valence-electron chi connectivity index (χ0n) is 11.5. The Hall–Kier alpha value is -1.95. The highest BCUT2D eigenvalue weighted by Crippen LogP contribution is 2.22. The number of halogens is 1. The van der Waals surface area contributed by atoms with Crippen molar-refractivity contribution in [3.63, 3.8) is 0 Å². The standard InChI is InChI=1S/C15H18FNO4/c16-12-5-1-3-10(7-12)13(18)8-14(19)17-6-2-4-11(9-17)15(20)21/h1,3,5,7,11,13,18H,2,4,6,8-9H2,(H,20,21)/t11-,13+/m1/s1. The van der Waals surface area contributed by atoms with Crippen molar-refractivity contribution in [2.45, 2.75) is 25.4 Å². The lowest BCUT2D eigenvalue weighted by molar-refractivity contribution is -0.146. The predicted octanol–water partition coefficient (Wildman–Crippen LogP) is 1.57. The number of aliphatic hydroxyl groups is 1. The van der Waals surface area contributed by atoms with Crippen LogP contribution in [-0.4, -0.2) is 40.1 Å². The van der Waals surface area contributed by atoms with Gasteiger partial charge in [0.1, 0.15) is 5.82 Å². The summed E-state index contributed by atoms with van der Waals surface area (Å²) in [5.41, 5.74) is 0.343. The fourth-order valence-electron chi connectivity index (χ4n) is 2.53. The maximum atomic E-state index is 13.1. The molecule has 1 saturated heterocycles. The van der Waals surface area contributed by atoms with Crippen molar-refractivity contribution in [1.29, 1.82) is 0 Å². The van der Waals surface area contributed by atoms with Gasteiger partial charge in [-0.1, -0.05) is 12.1 Å². The first-order valence-electron chi connectivity index (χ1n) is 6.91. The van der Waals surface area contributed by atoms with Crippen LogP contribution in [0.2, 0.25) is 0 Å². The van der Waals surface area contributed by atoms with Crippen LogP contribution in [0.1, 0.15) is 30.9 Å². The van der Waals surface area contributed by atoms with Gasteiger partial charge in [0.2, 0.25) is 5.91 Å². The Morgan fingerprint density at radius 2 is 2.19 bits per heavy atom. The summed E-state index contributed by atoms with van der Waals surface area (Å²) in [4.78, 5) is 24.6. The predicted molar refractivity (Wildman–Crippen MR) is 72.9 cm³/mol. The van der Waals surface area contributed by atoms with Crippen molar-refractivity contribution < 1.29 is 24.2 Å². The number of amides is 1. The lowest BCUT2D eigenvalue weighted by atomic mass is 9.97. The van der Waals surface area contributed by atoms with Crippen molar-refractivity contribution in [2.24, 2.45) is 5.92 Å². The first kappa shape index (κ1) is 15.4. The van der Waals surface area contributed by atoms with Crippen molar-refractivity contribution in [2.75, 3.05) is 13.1 Å². The van der Waals surface area contributed by atoms with E-state index >= 15 is 0 Å². The molecule has 0 aliphatic carbocycles. The van der Waals surface area contributed by atoms with Crippen LogP contribution >= 0.6 is 0 Å². The molecule has 2 atom stereocenters. The minimum Gasteiger partial charge on any atom is -0.481 e. The molecule has 1 aromatic rings. The van der Waals surface area contributed by atoms with E-state index in [2.05, 4.69) is 0 Å². The molecule has 0 unspecified atom stereocenters. The molecule has 0 bridgehead atoms. The van der Waals surface area contributed by atoms with Crippen LogP contribution in [0, 0.1) is 11.7 Å². The SMILES string of the molecule is O=C(O)[C@@H]1CCCN(C(=O)C[C@H](O)c2cccc(F)c2)C1. The number of benzene rings is 1. The Morgan fingerprint density at radius 3 is 2.86 bits per heavy atom. The summed E-state index contributed by atoms with van der Waals surface area (Å²) >= 11 is 0. The van der Waals surface area contributed by atoms with Gasteiger partial charge in [-0.15, -0.1) is 0 Å². The Morgan fingerprint density at radius 1 is 1.43 bits per heavy atom. The smallest absolute Gasteiger partial charge is 0.308 e. The highest BCUT2D eigenvalue weighted by Gasteiger charge is 2.29. The summed E-state index contributed by atoms with van der Waals surface area (Å²) in [7, 11) is 0. The number of piperidine rings is 1. The zero-order chi connectivity index (χ0) is 15.4. The third-order valence-electron chi connectivity index (χ3n) is 3.72. The number of likely N-dealkylation sites (tertiary alicyclic amines) is 1. The molecule has 0 radical (unpaired) electrons. The van der Waals surface area contributed by atoms with Gasteiger partial charge in [-0.2, -0.15) is 0 Å². The van der Waals surface area contributed by atoms with E-state index in [1.165, 1.54) is 23.1 Å². The largest absolute Gasteiger partial charge is 0.481 e. The van der Waals surface area contributed by atoms with Crippen LogP contribution < -0.4 is 0 Å². The second-order valence-electron chi connectivity index (χ2n) is 5.29. The summed E-state index contributed by atoms with van der Waals surface area (Å²) in [5, 5.41) is 19.0. The summed E-state index contributed by atoms with van der Waals surface area (Å²) in [6, 6.07) is 5.48. The van der Waals surface area contributed by atoms with E-state index in [4.69, 9.17) is 5.11 Å². The third kappa shape index (κ3) is 4.01. The lowest BCUT2D eigenvalue weighted by Crippen LogP contribution is -2.42. The van der Waals surface area contributed by atoms with E-state index in [-0.39, 0.29) is 18.9 Å². The molecule has 0 saturated carbocycles. The molecule has 2 N–H and O–H groups in total. The Kier molecular flexibility index (Phi) is 4.90. The maximum Gasteiger partial charge on any atom is 0.308 e. The molecule has 21 heavy (non-hydrogen) atoms. The molecular weight excluding hydrogens is 277 g/mol. The van der Waals surface area contributed by atoms with Crippen molar-refractivity contribution in [1.82, 2.24) is 4.90 Å². The summed E-state index contributed by atoms with van der Waals surface area (Å²) in [6.45, 7) is 0.669. The molecule has 1 aromatic carbocycles. The van der Waals surface area contributed by atoms with E-state index in [0.29, 0.717) is 24.9 Å². The number of rotatable bonds is 4. The topological polar surface area (TPSA) is 77.8 Å². The number of carbonyl (C=O) groups excluding carboxylic acids is 1. The molecule has 5 nitrogen and oxygen atoms in total. The number of aliphatic carboxylic acids is 1. The minimum absolute atomic E-state index is 0.171. The summed E-state index contributed by atoms with van der Waals surface area (Å²) < 4.78 is 13.1. The molecule has 6 heteroatoms. The van der Waals surface area contributed by atoms with Crippen LogP contribution in [0.25, 0.3) is 0 Å². The second-order valence-corrected chi connectivity index (χ2v) is 5.29. The van der Waals surface area contributed by atoms with Gasteiger partial charge >= 0.3 is 5.97 Å². The fraction of sp³-hybridized carbons (Fsp3) is 0.467. The van der Waals surface area contributed by atoms with Crippen LogP contribution in [0.5, 0.6) is 0 Å². The first-order chi connectivity index (χ1) is 9.97. The molecule has 1 heterocycles. The average molecular weight is 295 g/mol. The number of nitrogens with zero attached hydrogens (tertiary/aromatic N) is 1. The van der Waals surface area contributed by atoms with Gasteiger partial charge in [0.25, 0.3) is 0 Å². The Bertz CT molecular complexity index is 534. The second kappa shape index (κ2) is 6.67. The maximum absolute atomic E-state index is 13.1. The molecule has 1 aliphatic heterocycles. The number of aliphatic hydroxyl groups excluding tert-OH is 1. The monoisotopic (exact) mass is 295 g/mol. The van der Waals surface area contributed by atoms with Crippen molar-refractivity contribution in [3.8, 4) is 0 Å². The summed E-state index contributed by atoms with van der Waals surface area (Å²) in [6.07, 6.45) is -0.0569. The van der Waals surface area contributed by atoms with E-state index in [0.717, 1.165) is 0 Å². The lowest BCUT2D eigenvalue weighted by Gasteiger charge is -2.31. The molecule has 1 fully saturated rings. The van der Waals surface area contributed by atoms with Gasteiger partial charge in [-0.3, -0.25) is 9.59 Å². The number of carboxylic acid groups (broad SMARTS) is 1. The fourth-order valence-corrected chi connectivity index (χ4v) is 2.53. The first-order valence-corrected chi connectivity index (χ1v) is 6.91. The zero-order valence-corrected chi connectivity index (χ0v) is 11.5. The van der Waals surface area contributed by atoms with Gasteiger partial charge in [0.15, 0.2) is 0 Å². The quantitative estimate of drug-likeness (QED) is 0.884. The number of hydrogen-bond donors (Lipinski definition) is 2. The van der Waals surface area contributed by atoms with Gasteiger partial charge in [-0.25, -0.2) is 4.39 Å². The molecule has 0 aromatic heterocycles. The van der Waals surface area contributed by atoms with Crippen LogP contribution in [0.4, 0.5) is 4.39 Å². The molecular formula is C15H18FNO4. The van der Waals surface area contributed by atoms with Crippen LogP contribution in [-0.2, 0) is 9.59 Å². The van der Waals surface area contributed by atoms with Crippen molar-refractivity contribution >= 4 is 11.9 Å². The highest BCUT2D eigenvalue weighted by atomic mass is 19.1. The number of hydrogen-bond acceptors (Lipinski definition) is 3. The highest BCUT2D eigenvalue weighted by molar-refractivity contribution is 5.78. The molecule has 0 spiro atoms. The number of carboxylic acids is 1. The molecule has 1 amide bonds. The average Bonchev–Trinajstić information content (AvgIpc) is 2.47. The van der Waals surface area contributed by atoms with E-state index in [1.807, 2.05) is 0 Å². The Balaban J connectivity index is 1.96. The third-order valence-corrected chi connectivity index (χ3v) is 3.72. The molecule has 2 rings (SSSR count). The van der Waals surface area contributed by atoms with E-state index in [1.54, 1.807) is 6.07 Å². The van der Waals surface area contributed by atoms with Gasteiger partial charge < -0.3 is 15.1 Å². The van der Waals surface area contributed by atoms with Gasteiger partial charge in [0, 0.05) is 13.1 Å².